The summed E-state index contributed by atoms with van der Waals surface area (Å²) in [5, 5.41) is 4.26. The standard InChI is InChI=1S/C17H18N4O2/c1-21-14-9-5-4-8-13(14)19-17(21)20-18-11-12-7-6-10-15(22-2)16(12)23-3/h4-11H,1-3H3,(H,19,20)/b18-11-. The fourth-order valence-electron chi connectivity index (χ4n) is 2.42. The van der Waals surface area contributed by atoms with Crippen LogP contribution in [0.4, 0.5) is 5.95 Å². The molecule has 6 nitrogen and oxygen atoms in total. The third kappa shape index (κ3) is 2.83. The van der Waals surface area contributed by atoms with E-state index in [0.717, 1.165) is 16.6 Å². The summed E-state index contributed by atoms with van der Waals surface area (Å²) >= 11 is 0. The van der Waals surface area contributed by atoms with Crippen molar-refractivity contribution in [3.05, 3.63) is 48.0 Å². The van der Waals surface area contributed by atoms with Gasteiger partial charge in [-0.25, -0.2) is 10.4 Å². The second-order valence-corrected chi connectivity index (χ2v) is 4.94. The lowest BCUT2D eigenvalue weighted by Gasteiger charge is -2.09. The van der Waals surface area contributed by atoms with Gasteiger partial charge < -0.3 is 14.0 Å². The molecule has 118 valence electrons. The van der Waals surface area contributed by atoms with E-state index in [1.807, 2.05) is 54.1 Å². The van der Waals surface area contributed by atoms with Crippen LogP contribution < -0.4 is 14.9 Å². The predicted octanol–water partition coefficient (Wildman–Crippen LogP) is 3.04. The van der Waals surface area contributed by atoms with Crippen LogP contribution in [0.5, 0.6) is 11.5 Å². The number of nitrogens with zero attached hydrogens (tertiary/aromatic N) is 3. The highest BCUT2D eigenvalue weighted by Gasteiger charge is 2.08. The lowest BCUT2D eigenvalue weighted by atomic mass is 10.2. The maximum atomic E-state index is 5.38. The van der Waals surface area contributed by atoms with Crippen molar-refractivity contribution >= 4 is 23.2 Å². The molecule has 0 fully saturated rings. The summed E-state index contributed by atoms with van der Waals surface area (Å²) in [4.78, 5) is 4.50. The van der Waals surface area contributed by atoms with E-state index < -0.39 is 0 Å². The molecule has 23 heavy (non-hydrogen) atoms. The van der Waals surface area contributed by atoms with Gasteiger partial charge in [0, 0.05) is 12.6 Å². The number of anilines is 1. The number of methoxy groups -OCH3 is 2. The number of aromatic nitrogens is 2. The average Bonchev–Trinajstić information content (AvgIpc) is 2.91. The van der Waals surface area contributed by atoms with Gasteiger partial charge in [0.25, 0.3) is 0 Å². The first kappa shape index (κ1) is 14.9. The Morgan fingerprint density at radius 3 is 2.65 bits per heavy atom. The van der Waals surface area contributed by atoms with Gasteiger partial charge >= 0.3 is 0 Å². The number of hydrazone groups is 1. The largest absolute Gasteiger partial charge is 0.493 e. The predicted molar refractivity (Wildman–Crippen MR) is 91.5 cm³/mol. The maximum absolute atomic E-state index is 5.38. The van der Waals surface area contributed by atoms with E-state index in [0.29, 0.717) is 17.4 Å². The van der Waals surface area contributed by atoms with E-state index >= 15 is 0 Å². The summed E-state index contributed by atoms with van der Waals surface area (Å²) in [6, 6.07) is 13.6. The molecule has 0 atom stereocenters. The van der Waals surface area contributed by atoms with Crippen molar-refractivity contribution in [2.24, 2.45) is 12.1 Å². The summed E-state index contributed by atoms with van der Waals surface area (Å²) in [5.74, 6) is 1.98. The minimum Gasteiger partial charge on any atom is -0.493 e. The van der Waals surface area contributed by atoms with Gasteiger partial charge in [0.1, 0.15) is 0 Å². The molecule has 3 aromatic rings. The number of nitrogens with one attached hydrogen (secondary N) is 1. The second kappa shape index (κ2) is 6.39. The van der Waals surface area contributed by atoms with Crippen LogP contribution >= 0.6 is 0 Å². The van der Waals surface area contributed by atoms with E-state index in [1.54, 1.807) is 20.4 Å². The Hall–Kier alpha value is -3.02. The van der Waals surface area contributed by atoms with Crippen molar-refractivity contribution in [3.63, 3.8) is 0 Å². The Balaban J connectivity index is 1.85. The van der Waals surface area contributed by atoms with Crippen molar-refractivity contribution in [2.45, 2.75) is 0 Å². The van der Waals surface area contributed by atoms with E-state index in [4.69, 9.17) is 9.47 Å². The molecule has 0 unspecified atom stereocenters. The van der Waals surface area contributed by atoms with Crippen molar-refractivity contribution in [1.29, 1.82) is 0 Å². The summed E-state index contributed by atoms with van der Waals surface area (Å²) in [7, 11) is 5.16. The first-order chi connectivity index (χ1) is 11.2. The van der Waals surface area contributed by atoms with Crippen LogP contribution in [0.25, 0.3) is 11.0 Å². The third-order valence-corrected chi connectivity index (χ3v) is 3.59. The Labute approximate surface area is 134 Å². The van der Waals surface area contributed by atoms with E-state index in [9.17, 15) is 0 Å². The van der Waals surface area contributed by atoms with Gasteiger partial charge in [-0.15, -0.1) is 0 Å². The van der Waals surface area contributed by atoms with Crippen LogP contribution in [0.3, 0.4) is 0 Å². The first-order valence-electron chi connectivity index (χ1n) is 7.16. The van der Waals surface area contributed by atoms with Crippen LogP contribution in [-0.4, -0.2) is 30.0 Å². The van der Waals surface area contributed by atoms with Crippen molar-refractivity contribution in [2.75, 3.05) is 19.6 Å². The van der Waals surface area contributed by atoms with Gasteiger partial charge in [0.2, 0.25) is 5.95 Å². The fourth-order valence-corrected chi connectivity index (χ4v) is 2.42. The molecule has 3 rings (SSSR count). The summed E-state index contributed by atoms with van der Waals surface area (Å²) < 4.78 is 12.6. The summed E-state index contributed by atoms with van der Waals surface area (Å²) in [6.07, 6.45) is 1.68. The molecule has 0 saturated carbocycles. The number of aryl methyl sites for hydroxylation is 1. The van der Waals surface area contributed by atoms with Crippen molar-refractivity contribution in [1.82, 2.24) is 9.55 Å². The number of hydrogen-bond acceptors (Lipinski definition) is 5. The molecule has 0 aliphatic rings. The minimum absolute atomic E-state index is 0.644. The smallest absolute Gasteiger partial charge is 0.224 e. The molecule has 1 heterocycles. The van der Waals surface area contributed by atoms with E-state index in [2.05, 4.69) is 15.5 Å². The van der Waals surface area contributed by atoms with Gasteiger partial charge in [0.15, 0.2) is 11.5 Å². The zero-order valence-corrected chi connectivity index (χ0v) is 13.3. The number of hydrogen-bond donors (Lipinski definition) is 1. The highest BCUT2D eigenvalue weighted by atomic mass is 16.5. The van der Waals surface area contributed by atoms with Crippen molar-refractivity contribution < 1.29 is 9.47 Å². The number of fused-ring (bicyclic) bond motifs is 1. The Morgan fingerprint density at radius 1 is 1.09 bits per heavy atom. The van der Waals surface area contributed by atoms with Gasteiger partial charge in [0.05, 0.1) is 31.5 Å². The number of benzene rings is 2. The first-order valence-corrected chi connectivity index (χ1v) is 7.16. The van der Waals surface area contributed by atoms with Gasteiger partial charge in [-0.1, -0.05) is 18.2 Å². The van der Waals surface area contributed by atoms with Crippen LogP contribution in [0.2, 0.25) is 0 Å². The topological polar surface area (TPSA) is 60.7 Å². The summed E-state index contributed by atoms with van der Waals surface area (Å²) in [5.41, 5.74) is 5.75. The molecule has 6 heteroatoms. The average molecular weight is 310 g/mol. The zero-order chi connectivity index (χ0) is 16.2. The van der Waals surface area contributed by atoms with E-state index in [-0.39, 0.29) is 0 Å². The second-order valence-electron chi connectivity index (χ2n) is 4.94. The number of ether oxygens (including phenoxy) is 2. The third-order valence-electron chi connectivity index (χ3n) is 3.59. The Bertz CT molecular complexity index is 855. The monoisotopic (exact) mass is 310 g/mol. The fraction of sp³-hybridized carbons (Fsp3) is 0.176. The lowest BCUT2D eigenvalue weighted by molar-refractivity contribution is 0.354. The molecule has 1 aromatic heterocycles. The Morgan fingerprint density at radius 2 is 1.91 bits per heavy atom. The van der Waals surface area contributed by atoms with Gasteiger partial charge in [-0.3, -0.25) is 0 Å². The number of rotatable bonds is 5. The number of imidazole rings is 1. The van der Waals surface area contributed by atoms with Gasteiger partial charge in [-0.2, -0.15) is 5.10 Å². The highest BCUT2D eigenvalue weighted by Crippen LogP contribution is 2.29. The molecule has 0 bridgehead atoms. The van der Waals surface area contributed by atoms with Crippen LogP contribution in [0, 0.1) is 0 Å². The van der Waals surface area contributed by atoms with Crippen LogP contribution in [0.15, 0.2) is 47.6 Å². The van der Waals surface area contributed by atoms with Crippen molar-refractivity contribution in [3.8, 4) is 11.5 Å². The lowest BCUT2D eigenvalue weighted by Crippen LogP contribution is -2.00. The highest BCUT2D eigenvalue weighted by molar-refractivity contribution is 5.85. The minimum atomic E-state index is 0.644. The molecule has 0 radical (unpaired) electrons. The Kier molecular flexibility index (Phi) is 4.14. The molecule has 0 aliphatic carbocycles. The quantitative estimate of drug-likeness (QED) is 0.581. The maximum Gasteiger partial charge on any atom is 0.224 e. The molecule has 0 aliphatic heterocycles. The molecule has 0 spiro atoms. The summed E-state index contributed by atoms with van der Waals surface area (Å²) in [6.45, 7) is 0. The van der Waals surface area contributed by atoms with Gasteiger partial charge in [-0.05, 0) is 24.3 Å². The molecular formula is C17H18N4O2. The SMILES string of the molecule is COc1cccc(/C=N\Nc2nc3ccccc3n2C)c1OC. The van der Waals surface area contributed by atoms with Crippen LogP contribution in [-0.2, 0) is 7.05 Å². The van der Waals surface area contributed by atoms with Crippen LogP contribution in [0.1, 0.15) is 5.56 Å². The molecule has 1 N–H and O–H groups in total. The molecule has 2 aromatic carbocycles. The molecular weight excluding hydrogens is 292 g/mol. The van der Waals surface area contributed by atoms with E-state index in [1.165, 1.54) is 0 Å². The molecule has 0 saturated heterocycles. The number of para-hydroxylation sites is 3. The normalized spacial score (nSPS) is 11.1. The molecule has 0 amide bonds. The zero-order valence-electron chi connectivity index (χ0n) is 13.3.